The summed E-state index contributed by atoms with van der Waals surface area (Å²) in [6.07, 6.45) is 5.78. The summed E-state index contributed by atoms with van der Waals surface area (Å²) in [6, 6.07) is 17.7. The summed E-state index contributed by atoms with van der Waals surface area (Å²) in [5.41, 5.74) is 5.30. The molecule has 2 aromatic heterocycles. The highest BCUT2D eigenvalue weighted by Gasteiger charge is 2.22. The lowest BCUT2D eigenvalue weighted by atomic mass is 10.1. The number of amides is 1. The smallest absolute Gasteiger partial charge is 0.326 e. The second-order valence-electron chi connectivity index (χ2n) is 9.03. The third-order valence-electron chi connectivity index (χ3n) is 6.18. The van der Waals surface area contributed by atoms with Crippen LogP contribution in [-0.4, -0.2) is 44.6 Å². The number of nitrogens with one attached hydrogen (secondary N) is 2. The largest absolute Gasteiger partial charge is 0.480 e. The lowest BCUT2D eigenvalue weighted by Gasteiger charge is -2.14. The first-order valence-electron chi connectivity index (χ1n) is 12.3. The Morgan fingerprint density at radius 3 is 2.69 bits per heavy atom. The zero-order valence-electron chi connectivity index (χ0n) is 21.7. The summed E-state index contributed by atoms with van der Waals surface area (Å²) in [4.78, 5) is 28.5. The highest BCUT2D eigenvalue weighted by Crippen LogP contribution is 2.31. The molecule has 4 aromatic rings. The Bertz CT molecular complexity index is 1490. The molecule has 0 spiro atoms. The lowest BCUT2D eigenvalue weighted by Crippen LogP contribution is -2.41. The van der Waals surface area contributed by atoms with Gasteiger partial charge >= 0.3 is 5.97 Å². The fourth-order valence-electron chi connectivity index (χ4n) is 4.05. The number of carboxylic acids is 1. The van der Waals surface area contributed by atoms with Crippen LogP contribution in [0.25, 0.3) is 11.3 Å². The predicted octanol–water partition coefficient (Wildman–Crippen LogP) is 4.92. The molecule has 3 N–H and O–H groups in total. The predicted molar refractivity (Wildman–Crippen MR) is 151 cm³/mol. The summed E-state index contributed by atoms with van der Waals surface area (Å²) in [5, 5.41) is 24.5. The van der Waals surface area contributed by atoms with Gasteiger partial charge in [0.2, 0.25) is 0 Å². The van der Waals surface area contributed by atoms with Crippen LogP contribution in [0.3, 0.4) is 0 Å². The van der Waals surface area contributed by atoms with Gasteiger partial charge in [0, 0.05) is 24.0 Å². The molecule has 0 bridgehead atoms. The second kappa shape index (κ2) is 12.8. The summed E-state index contributed by atoms with van der Waals surface area (Å²) in [7, 11) is 0. The standard InChI is InChI=1S/C29H29N5O4S/c1-19-3-8-23(26-9-10-27(38-26)28(35)33-24(29(36)37)11-12-39-2)25(13-19)32-16-22-15-31-18-34(22)17-21-6-4-20(14-30)5-7-21/h3-10,13,15,18,24,32H,11-12,16-17H2,1-2H3,(H,33,35)(H,36,37)/t24-/m0/s1. The number of carbonyl (C=O) groups is 2. The van der Waals surface area contributed by atoms with Crippen molar-refractivity contribution in [3.05, 3.63) is 95.3 Å². The van der Waals surface area contributed by atoms with Crippen LogP contribution in [0.2, 0.25) is 0 Å². The van der Waals surface area contributed by atoms with Gasteiger partial charge in [-0.3, -0.25) is 4.79 Å². The maximum atomic E-state index is 12.7. The van der Waals surface area contributed by atoms with E-state index in [4.69, 9.17) is 9.68 Å². The van der Waals surface area contributed by atoms with Gasteiger partial charge in [0.25, 0.3) is 5.91 Å². The van der Waals surface area contributed by atoms with Crippen molar-refractivity contribution >= 4 is 29.3 Å². The number of anilines is 1. The highest BCUT2D eigenvalue weighted by atomic mass is 32.2. The number of aliphatic carboxylic acids is 1. The average molecular weight is 544 g/mol. The van der Waals surface area contributed by atoms with Crippen molar-refractivity contribution < 1.29 is 19.1 Å². The molecule has 4 rings (SSSR count). The molecule has 0 unspecified atom stereocenters. The number of nitriles is 1. The molecule has 2 heterocycles. The normalized spacial score (nSPS) is 11.5. The first kappa shape index (κ1) is 27.5. The van der Waals surface area contributed by atoms with Crippen molar-refractivity contribution in [3.8, 4) is 17.4 Å². The van der Waals surface area contributed by atoms with E-state index < -0.39 is 17.9 Å². The number of hydrogen-bond donors (Lipinski definition) is 3. The van der Waals surface area contributed by atoms with E-state index in [-0.39, 0.29) is 5.76 Å². The number of furan rings is 1. The van der Waals surface area contributed by atoms with E-state index in [1.165, 1.54) is 11.8 Å². The molecule has 2 aromatic carbocycles. The SMILES string of the molecule is CSCC[C@H](NC(=O)c1ccc(-c2ccc(C)cc2NCc2cncn2Cc2ccc(C#N)cc2)o1)C(=O)O. The minimum absolute atomic E-state index is 0.0485. The van der Waals surface area contributed by atoms with Gasteiger partial charge in [0.1, 0.15) is 11.8 Å². The van der Waals surface area contributed by atoms with E-state index in [1.54, 1.807) is 36.8 Å². The minimum atomic E-state index is -1.08. The van der Waals surface area contributed by atoms with Crippen LogP contribution in [-0.2, 0) is 17.9 Å². The van der Waals surface area contributed by atoms with Gasteiger partial charge in [0.15, 0.2) is 5.76 Å². The van der Waals surface area contributed by atoms with E-state index >= 15 is 0 Å². The van der Waals surface area contributed by atoms with Crippen molar-refractivity contribution in [2.45, 2.75) is 32.5 Å². The molecule has 0 radical (unpaired) electrons. The van der Waals surface area contributed by atoms with Gasteiger partial charge in [-0.05, 0) is 72.9 Å². The van der Waals surface area contributed by atoms with Gasteiger partial charge in [-0.15, -0.1) is 0 Å². The number of imidazole rings is 1. The van der Waals surface area contributed by atoms with Crippen LogP contribution in [0.1, 0.15) is 39.4 Å². The number of carboxylic acid groups (broad SMARTS) is 1. The number of aryl methyl sites for hydroxylation is 1. The summed E-state index contributed by atoms with van der Waals surface area (Å²) in [6.45, 7) is 3.11. The summed E-state index contributed by atoms with van der Waals surface area (Å²) >= 11 is 1.52. The molecule has 0 fully saturated rings. The van der Waals surface area contributed by atoms with Gasteiger partial charge in [0.05, 0.1) is 30.2 Å². The Balaban J connectivity index is 1.48. The quantitative estimate of drug-likeness (QED) is 0.229. The molecule has 0 aliphatic carbocycles. The molecule has 39 heavy (non-hydrogen) atoms. The fraction of sp³-hybridized carbons (Fsp3) is 0.241. The third kappa shape index (κ3) is 7.09. The molecule has 0 aliphatic rings. The van der Waals surface area contributed by atoms with Gasteiger partial charge in [-0.2, -0.15) is 17.0 Å². The van der Waals surface area contributed by atoms with Crippen molar-refractivity contribution in [1.29, 1.82) is 5.26 Å². The summed E-state index contributed by atoms with van der Waals surface area (Å²) < 4.78 is 7.90. The molecule has 0 saturated heterocycles. The first-order chi connectivity index (χ1) is 18.9. The molecule has 1 amide bonds. The number of hydrogen-bond acceptors (Lipinski definition) is 7. The van der Waals surface area contributed by atoms with Crippen LogP contribution in [0.5, 0.6) is 0 Å². The first-order valence-corrected chi connectivity index (χ1v) is 13.7. The van der Waals surface area contributed by atoms with E-state index in [0.29, 0.717) is 36.6 Å². The Hall–Kier alpha value is -4.49. The van der Waals surface area contributed by atoms with Gasteiger partial charge < -0.3 is 24.7 Å². The van der Waals surface area contributed by atoms with E-state index in [9.17, 15) is 14.7 Å². The number of rotatable bonds is 12. The molecular formula is C29H29N5O4S. The van der Waals surface area contributed by atoms with Crippen LogP contribution < -0.4 is 10.6 Å². The van der Waals surface area contributed by atoms with Crippen molar-refractivity contribution in [2.75, 3.05) is 17.3 Å². The number of carbonyl (C=O) groups excluding carboxylic acids is 1. The molecule has 9 nitrogen and oxygen atoms in total. The number of aromatic nitrogens is 2. The van der Waals surface area contributed by atoms with Crippen molar-refractivity contribution in [3.63, 3.8) is 0 Å². The molecule has 1 atom stereocenters. The monoisotopic (exact) mass is 543 g/mol. The zero-order chi connectivity index (χ0) is 27.8. The number of nitrogens with zero attached hydrogens (tertiary/aromatic N) is 3. The molecule has 200 valence electrons. The van der Waals surface area contributed by atoms with Crippen LogP contribution in [0, 0.1) is 18.3 Å². The maximum Gasteiger partial charge on any atom is 0.326 e. The Kier molecular flexibility index (Phi) is 9.07. The molecule has 0 aliphatic heterocycles. The van der Waals surface area contributed by atoms with E-state index in [0.717, 1.165) is 28.1 Å². The Morgan fingerprint density at radius 2 is 1.97 bits per heavy atom. The average Bonchev–Trinajstić information content (AvgIpc) is 3.60. The molecule has 10 heteroatoms. The number of thioether (sulfide) groups is 1. The van der Waals surface area contributed by atoms with Crippen LogP contribution in [0.4, 0.5) is 5.69 Å². The minimum Gasteiger partial charge on any atom is -0.480 e. The highest BCUT2D eigenvalue weighted by molar-refractivity contribution is 7.98. The van der Waals surface area contributed by atoms with E-state index in [2.05, 4.69) is 21.7 Å². The van der Waals surface area contributed by atoms with E-state index in [1.807, 2.05) is 48.1 Å². The number of benzene rings is 2. The van der Waals surface area contributed by atoms with Crippen LogP contribution >= 0.6 is 11.8 Å². The van der Waals surface area contributed by atoms with Crippen molar-refractivity contribution in [1.82, 2.24) is 14.9 Å². The maximum absolute atomic E-state index is 12.7. The fourth-order valence-corrected chi connectivity index (χ4v) is 4.52. The Labute approximate surface area is 230 Å². The molecular weight excluding hydrogens is 514 g/mol. The van der Waals surface area contributed by atoms with Gasteiger partial charge in [-0.1, -0.05) is 18.2 Å². The zero-order valence-corrected chi connectivity index (χ0v) is 22.5. The third-order valence-corrected chi connectivity index (χ3v) is 6.82. The lowest BCUT2D eigenvalue weighted by molar-refractivity contribution is -0.139. The van der Waals surface area contributed by atoms with Crippen molar-refractivity contribution in [2.24, 2.45) is 0 Å². The van der Waals surface area contributed by atoms with Gasteiger partial charge in [-0.25, -0.2) is 9.78 Å². The summed E-state index contributed by atoms with van der Waals surface area (Å²) in [5.74, 6) is -0.487. The second-order valence-corrected chi connectivity index (χ2v) is 10.0. The topological polar surface area (TPSA) is 133 Å². The Morgan fingerprint density at radius 1 is 1.18 bits per heavy atom. The van der Waals surface area contributed by atoms with Crippen LogP contribution in [0.15, 0.2) is 71.5 Å². The molecule has 0 saturated carbocycles.